The number of H-pyrrole nitrogens is 1. The minimum absolute atomic E-state index is 0.962. The van der Waals surface area contributed by atoms with Gasteiger partial charge in [0.2, 0.25) is 0 Å². The number of aromatic nitrogens is 3. The van der Waals surface area contributed by atoms with Gasteiger partial charge in [-0.1, -0.05) is 72.8 Å². The van der Waals surface area contributed by atoms with Gasteiger partial charge in [0.05, 0.1) is 11.4 Å². The molecule has 6 rings (SSSR count). The summed E-state index contributed by atoms with van der Waals surface area (Å²) in [4.78, 5) is 12.8. The predicted octanol–water partition coefficient (Wildman–Crippen LogP) is 5.44. The number of hydrogen-bond donors (Lipinski definition) is 1. The van der Waals surface area contributed by atoms with Gasteiger partial charge in [0.25, 0.3) is 0 Å². The molecule has 0 aliphatic rings. The van der Waals surface area contributed by atoms with Crippen molar-refractivity contribution < 1.29 is 0 Å². The molecule has 3 heterocycles. The molecule has 0 spiro atoms. The van der Waals surface area contributed by atoms with E-state index in [2.05, 4.69) is 99.9 Å². The zero-order chi connectivity index (χ0) is 22.0. The Bertz CT molecular complexity index is 1710. The van der Waals surface area contributed by atoms with Crippen molar-refractivity contribution in [2.75, 3.05) is 0 Å². The summed E-state index contributed by atoms with van der Waals surface area (Å²) in [5, 5.41) is 6.84. The quantitative estimate of drug-likeness (QED) is 0.412. The summed E-state index contributed by atoms with van der Waals surface area (Å²) in [5.74, 6) is 0. The number of pyridine rings is 2. The fourth-order valence-corrected chi connectivity index (χ4v) is 4.34. The summed E-state index contributed by atoms with van der Waals surface area (Å²) in [7, 11) is 0. The van der Waals surface area contributed by atoms with Crippen molar-refractivity contribution in [1.29, 1.82) is 0 Å². The van der Waals surface area contributed by atoms with Crippen molar-refractivity contribution in [3.05, 3.63) is 131 Å². The third-order valence-corrected chi connectivity index (χ3v) is 5.92. The van der Waals surface area contributed by atoms with Crippen LogP contribution in [-0.2, 0) is 0 Å². The molecule has 6 aromatic rings. The van der Waals surface area contributed by atoms with Crippen LogP contribution in [0.2, 0.25) is 0 Å². The van der Waals surface area contributed by atoms with Crippen LogP contribution in [0.15, 0.2) is 109 Å². The Morgan fingerprint density at radius 1 is 0.576 bits per heavy atom. The highest BCUT2D eigenvalue weighted by Crippen LogP contribution is 2.19. The van der Waals surface area contributed by atoms with E-state index in [1.807, 2.05) is 36.7 Å². The van der Waals surface area contributed by atoms with Crippen molar-refractivity contribution in [2.45, 2.75) is 0 Å². The topological polar surface area (TPSA) is 41.6 Å². The molecule has 33 heavy (non-hydrogen) atoms. The molecule has 0 radical (unpaired) electrons. The van der Waals surface area contributed by atoms with Crippen LogP contribution in [0.5, 0.6) is 0 Å². The number of nitrogens with one attached hydrogen (secondary N) is 1. The van der Waals surface area contributed by atoms with E-state index < -0.39 is 0 Å². The fourth-order valence-electron chi connectivity index (χ4n) is 4.34. The lowest BCUT2D eigenvalue weighted by Gasteiger charge is -2.01. The monoisotopic (exact) mass is 423 g/mol. The van der Waals surface area contributed by atoms with Gasteiger partial charge in [-0.15, -0.1) is 0 Å². The minimum atomic E-state index is 0.962. The van der Waals surface area contributed by atoms with Gasteiger partial charge in [-0.2, -0.15) is 0 Å². The molecular formula is C30H21N3. The summed E-state index contributed by atoms with van der Waals surface area (Å²) in [6, 6.07) is 33.3. The van der Waals surface area contributed by atoms with Gasteiger partial charge in [0.15, 0.2) is 0 Å². The van der Waals surface area contributed by atoms with Gasteiger partial charge >= 0.3 is 0 Å². The van der Waals surface area contributed by atoms with E-state index >= 15 is 0 Å². The number of fused-ring (bicyclic) bond motifs is 2. The molecule has 0 atom stereocenters. The lowest BCUT2D eigenvalue weighted by Crippen LogP contribution is -2.10. The van der Waals surface area contributed by atoms with Crippen molar-refractivity contribution in [3.8, 4) is 11.3 Å². The van der Waals surface area contributed by atoms with Crippen LogP contribution in [0.4, 0.5) is 0 Å². The highest BCUT2D eigenvalue weighted by atomic mass is 14.7. The average Bonchev–Trinajstić information content (AvgIpc) is 3.22. The minimum Gasteiger partial charge on any atom is -0.354 e. The van der Waals surface area contributed by atoms with E-state index in [1.165, 1.54) is 16.2 Å². The zero-order valence-electron chi connectivity index (χ0n) is 17.9. The average molecular weight is 424 g/mol. The van der Waals surface area contributed by atoms with E-state index in [1.54, 1.807) is 0 Å². The fraction of sp³-hybridized carbons (Fsp3) is 0. The molecule has 3 nitrogen and oxygen atoms in total. The lowest BCUT2D eigenvalue weighted by molar-refractivity contribution is 1.26. The molecule has 0 aliphatic carbocycles. The number of benzene rings is 3. The van der Waals surface area contributed by atoms with Crippen molar-refractivity contribution in [1.82, 2.24) is 15.0 Å². The summed E-state index contributed by atoms with van der Waals surface area (Å²) < 4.78 is 0. The Morgan fingerprint density at radius 3 is 2.15 bits per heavy atom. The van der Waals surface area contributed by atoms with Gasteiger partial charge in [-0.05, 0) is 47.4 Å². The second kappa shape index (κ2) is 8.21. The number of nitrogens with zero attached hydrogens (tertiary/aromatic N) is 2. The van der Waals surface area contributed by atoms with Crippen molar-refractivity contribution in [3.63, 3.8) is 0 Å². The Labute approximate surface area is 191 Å². The number of aromatic amines is 1. The van der Waals surface area contributed by atoms with Crippen molar-refractivity contribution >= 4 is 33.7 Å². The van der Waals surface area contributed by atoms with Gasteiger partial charge in [-0.25, -0.2) is 0 Å². The SMILES string of the molecule is C(/c1cccc(-c2ccccn2)c1)=c1/[nH]/c(=C\c2nccc3ccccc23)c2ccccc12. The highest BCUT2D eigenvalue weighted by molar-refractivity contribution is 5.91. The molecule has 0 saturated carbocycles. The second-order valence-corrected chi connectivity index (χ2v) is 8.04. The second-order valence-electron chi connectivity index (χ2n) is 8.04. The molecule has 0 fully saturated rings. The summed E-state index contributed by atoms with van der Waals surface area (Å²) in [6.45, 7) is 0. The molecule has 156 valence electrons. The summed E-state index contributed by atoms with van der Waals surface area (Å²) in [6.07, 6.45) is 8.04. The number of rotatable bonds is 3. The molecular weight excluding hydrogens is 402 g/mol. The largest absolute Gasteiger partial charge is 0.354 e. The summed E-state index contributed by atoms with van der Waals surface area (Å²) in [5.41, 5.74) is 4.16. The van der Waals surface area contributed by atoms with E-state index in [9.17, 15) is 0 Å². The Kier molecular flexibility index (Phi) is 4.78. The Balaban J connectivity index is 1.54. The normalized spacial score (nSPS) is 12.6. The molecule has 3 aromatic heterocycles. The first-order chi connectivity index (χ1) is 16.3. The van der Waals surface area contributed by atoms with Crippen molar-refractivity contribution in [2.24, 2.45) is 0 Å². The molecule has 0 aliphatic heterocycles. The van der Waals surface area contributed by atoms with Gasteiger partial charge in [-0.3, -0.25) is 9.97 Å². The van der Waals surface area contributed by atoms with Gasteiger partial charge in [0, 0.05) is 44.8 Å². The molecule has 0 bridgehead atoms. The smallest absolute Gasteiger partial charge is 0.0728 e. The highest BCUT2D eigenvalue weighted by Gasteiger charge is 2.04. The first-order valence-corrected chi connectivity index (χ1v) is 11.0. The lowest BCUT2D eigenvalue weighted by atomic mass is 10.1. The first kappa shape index (κ1) is 19.2. The predicted molar refractivity (Wildman–Crippen MR) is 136 cm³/mol. The molecule has 1 N–H and O–H groups in total. The molecule has 0 unspecified atom stereocenters. The number of hydrogen-bond acceptors (Lipinski definition) is 2. The third-order valence-electron chi connectivity index (χ3n) is 5.92. The van der Waals surface area contributed by atoms with E-state index in [0.717, 1.165) is 38.6 Å². The molecule has 0 saturated heterocycles. The van der Waals surface area contributed by atoms with Crippen LogP contribution in [0, 0.1) is 0 Å². The zero-order valence-corrected chi connectivity index (χ0v) is 17.9. The maximum atomic E-state index is 4.65. The van der Waals surface area contributed by atoms with Crippen LogP contribution >= 0.6 is 0 Å². The van der Waals surface area contributed by atoms with E-state index in [4.69, 9.17) is 0 Å². The van der Waals surface area contributed by atoms with Crippen LogP contribution in [0.25, 0.3) is 45.0 Å². The summed E-state index contributed by atoms with van der Waals surface area (Å²) >= 11 is 0. The van der Waals surface area contributed by atoms with E-state index in [0.29, 0.717) is 0 Å². The maximum absolute atomic E-state index is 4.65. The Hall–Kier alpha value is -4.50. The maximum Gasteiger partial charge on any atom is 0.0728 e. The standard InChI is InChI=1S/C30H21N3/c1-2-11-24-22(9-1)15-17-32-28(24)20-30-26-13-4-3-12-25(26)29(33-30)19-21-8-7-10-23(18-21)27-14-5-6-16-31-27/h1-20,33H/b29-19-,30-20-. The Morgan fingerprint density at radius 2 is 1.33 bits per heavy atom. The van der Waals surface area contributed by atoms with Gasteiger partial charge < -0.3 is 4.98 Å². The van der Waals surface area contributed by atoms with Crippen LogP contribution in [0.1, 0.15) is 11.3 Å². The molecule has 3 aromatic carbocycles. The van der Waals surface area contributed by atoms with Gasteiger partial charge in [0.1, 0.15) is 0 Å². The molecule has 3 heteroatoms. The molecule has 0 amide bonds. The van der Waals surface area contributed by atoms with E-state index in [-0.39, 0.29) is 0 Å². The first-order valence-electron chi connectivity index (χ1n) is 11.0. The van der Waals surface area contributed by atoms with Crippen LogP contribution in [0.3, 0.4) is 0 Å². The third kappa shape index (κ3) is 3.70. The van der Waals surface area contributed by atoms with Crippen LogP contribution in [-0.4, -0.2) is 15.0 Å². The van der Waals surface area contributed by atoms with Crippen LogP contribution < -0.4 is 10.7 Å².